The van der Waals surface area contributed by atoms with Gasteiger partial charge in [-0.3, -0.25) is 4.79 Å². The average Bonchev–Trinajstić information content (AvgIpc) is 3.10. The van der Waals surface area contributed by atoms with Gasteiger partial charge < -0.3 is 4.74 Å². The molecule has 0 radical (unpaired) electrons. The maximum Gasteiger partial charge on any atom is 0.310 e. The average molecular weight is 244 g/mol. The molecule has 0 heterocycles. The van der Waals surface area contributed by atoms with Crippen LogP contribution < -0.4 is 0 Å². The molecule has 96 valence electrons. The van der Waals surface area contributed by atoms with Gasteiger partial charge in [0.05, 0.1) is 12.5 Å². The molecule has 2 aliphatic carbocycles. The van der Waals surface area contributed by atoms with E-state index in [4.69, 9.17) is 4.74 Å². The monoisotopic (exact) mass is 244 g/mol. The van der Waals surface area contributed by atoms with E-state index in [9.17, 15) is 4.79 Å². The van der Waals surface area contributed by atoms with Crippen LogP contribution in [0.25, 0.3) is 0 Å². The maximum absolute atomic E-state index is 12.1. The topological polar surface area (TPSA) is 26.3 Å². The molecule has 0 spiro atoms. The summed E-state index contributed by atoms with van der Waals surface area (Å²) in [6, 6.07) is 10.6. The van der Waals surface area contributed by atoms with Crippen LogP contribution in [0.2, 0.25) is 0 Å². The largest absolute Gasteiger partial charge is 0.466 e. The lowest BCUT2D eigenvalue weighted by atomic mass is 9.82. The van der Waals surface area contributed by atoms with E-state index in [1.807, 2.05) is 13.0 Å². The van der Waals surface area contributed by atoms with Gasteiger partial charge in [0.2, 0.25) is 0 Å². The van der Waals surface area contributed by atoms with Gasteiger partial charge in [0.15, 0.2) is 0 Å². The van der Waals surface area contributed by atoms with Crippen molar-refractivity contribution < 1.29 is 9.53 Å². The van der Waals surface area contributed by atoms with Crippen molar-refractivity contribution in [3.05, 3.63) is 35.9 Å². The minimum absolute atomic E-state index is 0.0215. The highest BCUT2D eigenvalue weighted by Crippen LogP contribution is 2.67. The fourth-order valence-electron chi connectivity index (χ4n) is 3.96. The third-order valence-corrected chi connectivity index (χ3v) is 4.72. The highest BCUT2D eigenvalue weighted by molar-refractivity contribution is 5.80. The summed E-state index contributed by atoms with van der Waals surface area (Å²) in [6.45, 7) is 2.38. The Hall–Kier alpha value is -1.31. The molecular weight excluding hydrogens is 224 g/mol. The Morgan fingerprint density at radius 2 is 2.11 bits per heavy atom. The minimum Gasteiger partial charge on any atom is -0.466 e. The number of carbonyl (C=O) groups excluding carboxylic acids is 1. The van der Waals surface area contributed by atoms with Crippen molar-refractivity contribution in [3.8, 4) is 0 Å². The number of fused-ring (bicyclic) bond motifs is 1. The quantitative estimate of drug-likeness (QED) is 0.762. The summed E-state index contributed by atoms with van der Waals surface area (Å²) >= 11 is 0. The molecule has 2 heteroatoms. The second-order valence-corrected chi connectivity index (χ2v) is 5.49. The van der Waals surface area contributed by atoms with E-state index in [1.54, 1.807) is 0 Å². The Morgan fingerprint density at radius 1 is 1.33 bits per heavy atom. The molecule has 0 saturated heterocycles. The van der Waals surface area contributed by atoms with E-state index in [1.165, 1.54) is 24.8 Å². The Kier molecular flexibility index (Phi) is 2.89. The zero-order valence-electron chi connectivity index (χ0n) is 10.9. The summed E-state index contributed by atoms with van der Waals surface area (Å²) < 4.78 is 5.27. The lowest BCUT2D eigenvalue weighted by Crippen LogP contribution is -2.18. The second kappa shape index (κ2) is 4.42. The lowest BCUT2D eigenvalue weighted by molar-refractivity contribution is -0.145. The summed E-state index contributed by atoms with van der Waals surface area (Å²) in [7, 11) is 0. The van der Waals surface area contributed by atoms with E-state index in [0.717, 1.165) is 6.42 Å². The van der Waals surface area contributed by atoms with Gasteiger partial charge in [0.1, 0.15) is 0 Å². The summed E-state index contributed by atoms with van der Waals surface area (Å²) in [6.07, 6.45) is 4.82. The van der Waals surface area contributed by atoms with Crippen molar-refractivity contribution in [2.24, 2.45) is 11.8 Å². The highest BCUT2D eigenvalue weighted by atomic mass is 16.5. The third kappa shape index (κ3) is 1.58. The molecule has 0 unspecified atom stereocenters. The third-order valence-electron chi connectivity index (χ3n) is 4.72. The first-order valence-electron chi connectivity index (χ1n) is 7.03. The molecule has 3 atom stereocenters. The van der Waals surface area contributed by atoms with Crippen LogP contribution in [-0.2, 0) is 14.9 Å². The molecule has 3 rings (SSSR count). The van der Waals surface area contributed by atoms with Gasteiger partial charge in [0, 0.05) is 5.41 Å². The predicted molar refractivity (Wildman–Crippen MR) is 70.2 cm³/mol. The number of hydrogen-bond acceptors (Lipinski definition) is 2. The van der Waals surface area contributed by atoms with Crippen molar-refractivity contribution in [2.75, 3.05) is 6.61 Å². The van der Waals surface area contributed by atoms with Crippen molar-refractivity contribution in [1.29, 1.82) is 0 Å². The van der Waals surface area contributed by atoms with Crippen LogP contribution >= 0.6 is 0 Å². The number of hydrogen-bond donors (Lipinski definition) is 0. The van der Waals surface area contributed by atoms with Crippen LogP contribution in [0.3, 0.4) is 0 Å². The van der Waals surface area contributed by atoms with Crippen LogP contribution in [0.1, 0.15) is 38.2 Å². The van der Waals surface area contributed by atoms with Crippen molar-refractivity contribution in [1.82, 2.24) is 0 Å². The summed E-state index contributed by atoms with van der Waals surface area (Å²) in [4.78, 5) is 12.1. The molecule has 18 heavy (non-hydrogen) atoms. The van der Waals surface area contributed by atoms with Gasteiger partial charge in [-0.25, -0.2) is 0 Å². The first-order chi connectivity index (χ1) is 8.80. The zero-order valence-corrected chi connectivity index (χ0v) is 10.9. The van der Waals surface area contributed by atoms with E-state index in [-0.39, 0.29) is 17.3 Å². The molecule has 1 aromatic carbocycles. The van der Waals surface area contributed by atoms with E-state index in [2.05, 4.69) is 24.3 Å². The molecule has 2 nitrogen and oxygen atoms in total. The lowest BCUT2D eigenvalue weighted by Gasteiger charge is -2.22. The molecular formula is C16H20O2. The van der Waals surface area contributed by atoms with Gasteiger partial charge in [0.25, 0.3) is 0 Å². The standard InChI is InChI=1S/C16H20O2/c1-2-18-15(17)14-13-10-6-7-11-16(13,14)12-8-4-3-5-9-12/h3-5,8-9,13-14H,2,6-7,10-11H2,1H3/t13-,14+,16-/m1/s1. The molecule has 2 aliphatic rings. The number of rotatable bonds is 3. The van der Waals surface area contributed by atoms with Crippen LogP contribution in [0, 0.1) is 11.8 Å². The van der Waals surface area contributed by atoms with Crippen LogP contribution in [-0.4, -0.2) is 12.6 Å². The summed E-state index contributed by atoms with van der Waals surface area (Å²) in [5, 5.41) is 0. The van der Waals surface area contributed by atoms with Gasteiger partial charge in [-0.05, 0) is 31.2 Å². The number of benzene rings is 1. The normalized spacial score (nSPS) is 33.6. The molecule has 0 aromatic heterocycles. The van der Waals surface area contributed by atoms with Crippen molar-refractivity contribution in [2.45, 2.75) is 38.0 Å². The number of esters is 1. The van der Waals surface area contributed by atoms with Crippen molar-refractivity contribution in [3.63, 3.8) is 0 Å². The fourth-order valence-corrected chi connectivity index (χ4v) is 3.96. The Balaban J connectivity index is 1.91. The molecule has 0 bridgehead atoms. The molecule has 2 fully saturated rings. The molecule has 0 aliphatic heterocycles. The van der Waals surface area contributed by atoms with Gasteiger partial charge in [-0.15, -0.1) is 0 Å². The fraction of sp³-hybridized carbons (Fsp3) is 0.562. The second-order valence-electron chi connectivity index (χ2n) is 5.49. The van der Waals surface area contributed by atoms with E-state index < -0.39 is 0 Å². The first kappa shape index (κ1) is 11.8. The molecule has 0 N–H and O–H groups in total. The maximum atomic E-state index is 12.1. The molecule has 2 saturated carbocycles. The van der Waals surface area contributed by atoms with Crippen LogP contribution in [0.15, 0.2) is 30.3 Å². The van der Waals surface area contributed by atoms with Gasteiger partial charge in [-0.2, -0.15) is 0 Å². The Labute approximate surface area is 108 Å². The summed E-state index contributed by atoms with van der Waals surface area (Å²) in [5.41, 5.74) is 1.44. The Morgan fingerprint density at radius 3 is 2.83 bits per heavy atom. The van der Waals surface area contributed by atoms with E-state index in [0.29, 0.717) is 12.5 Å². The smallest absolute Gasteiger partial charge is 0.310 e. The van der Waals surface area contributed by atoms with Crippen molar-refractivity contribution >= 4 is 5.97 Å². The van der Waals surface area contributed by atoms with Crippen LogP contribution in [0.4, 0.5) is 0 Å². The predicted octanol–water partition coefficient (Wildman–Crippen LogP) is 3.31. The number of ether oxygens (including phenoxy) is 1. The Bertz CT molecular complexity index is 440. The SMILES string of the molecule is CCOC(=O)[C@@H]1[C@H]2CCCC[C@@]21c1ccccc1. The molecule has 0 amide bonds. The molecule has 1 aromatic rings. The number of carbonyl (C=O) groups is 1. The van der Waals surface area contributed by atoms with E-state index >= 15 is 0 Å². The van der Waals surface area contributed by atoms with Gasteiger partial charge in [-0.1, -0.05) is 43.2 Å². The highest BCUT2D eigenvalue weighted by Gasteiger charge is 2.69. The van der Waals surface area contributed by atoms with Gasteiger partial charge >= 0.3 is 5.97 Å². The first-order valence-corrected chi connectivity index (χ1v) is 7.03. The minimum atomic E-state index is 0.0215. The zero-order chi connectivity index (χ0) is 12.6. The van der Waals surface area contributed by atoms with Crippen LogP contribution in [0.5, 0.6) is 0 Å². The summed E-state index contributed by atoms with van der Waals surface area (Å²) in [5.74, 6) is 0.656.